The van der Waals surface area contributed by atoms with Crippen molar-refractivity contribution >= 4 is 17.9 Å². The Morgan fingerprint density at radius 2 is 0.522 bits per heavy atom. The van der Waals surface area contributed by atoms with Gasteiger partial charge in [0.1, 0.15) is 13.2 Å². The van der Waals surface area contributed by atoms with E-state index in [-0.39, 0.29) is 31.1 Å². The largest absolute Gasteiger partial charge is 0.462 e. The Morgan fingerprint density at radius 1 is 0.290 bits per heavy atom. The maximum Gasteiger partial charge on any atom is 0.306 e. The van der Waals surface area contributed by atoms with Gasteiger partial charge in [-0.25, -0.2) is 0 Å². The first kappa shape index (κ1) is 66.6. The van der Waals surface area contributed by atoms with E-state index < -0.39 is 6.10 Å². The van der Waals surface area contributed by atoms with E-state index in [9.17, 15) is 14.4 Å². The van der Waals surface area contributed by atoms with Gasteiger partial charge in [0, 0.05) is 19.3 Å². The van der Waals surface area contributed by atoms with Crippen LogP contribution in [0.15, 0.2) is 36.5 Å². The second kappa shape index (κ2) is 58.2. The summed E-state index contributed by atoms with van der Waals surface area (Å²) in [5.74, 6) is -0.879. The predicted molar refractivity (Wildman–Crippen MR) is 298 cm³/mol. The van der Waals surface area contributed by atoms with Crippen LogP contribution < -0.4 is 0 Å². The maximum atomic E-state index is 12.8. The summed E-state index contributed by atoms with van der Waals surface area (Å²) >= 11 is 0. The Kier molecular flexibility index (Phi) is 56.2. The van der Waals surface area contributed by atoms with Gasteiger partial charge in [0.25, 0.3) is 0 Å². The van der Waals surface area contributed by atoms with Gasteiger partial charge in [-0.1, -0.05) is 288 Å². The number of ether oxygens (including phenoxy) is 3. The van der Waals surface area contributed by atoms with Gasteiger partial charge >= 0.3 is 17.9 Å². The smallest absolute Gasteiger partial charge is 0.306 e. The molecule has 404 valence electrons. The van der Waals surface area contributed by atoms with Crippen molar-refractivity contribution in [2.75, 3.05) is 13.2 Å². The third-order valence-electron chi connectivity index (χ3n) is 13.6. The van der Waals surface area contributed by atoms with Gasteiger partial charge in [-0.3, -0.25) is 14.4 Å². The van der Waals surface area contributed by atoms with E-state index in [1.807, 2.05) is 0 Å². The van der Waals surface area contributed by atoms with E-state index in [1.165, 1.54) is 212 Å². The van der Waals surface area contributed by atoms with Crippen LogP contribution in [0.1, 0.15) is 329 Å². The summed E-state index contributed by atoms with van der Waals surface area (Å²) in [4.78, 5) is 37.9. The summed E-state index contributed by atoms with van der Waals surface area (Å²) in [5.41, 5.74) is 0. The molecule has 1 atom stereocenters. The molecule has 0 rings (SSSR count). The zero-order valence-electron chi connectivity index (χ0n) is 46.3. The zero-order valence-corrected chi connectivity index (χ0v) is 46.3. The Bertz CT molecular complexity index is 1160. The normalized spacial score (nSPS) is 12.2. The molecular weight excluding hydrogens is 853 g/mol. The summed E-state index contributed by atoms with van der Waals surface area (Å²) in [6.07, 6.45) is 70.4. The molecule has 0 aliphatic heterocycles. The Morgan fingerprint density at radius 3 is 0.841 bits per heavy atom. The van der Waals surface area contributed by atoms with Crippen molar-refractivity contribution < 1.29 is 28.6 Å². The zero-order chi connectivity index (χ0) is 50.0. The highest BCUT2D eigenvalue weighted by Crippen LogP contribution is 2.17. The van der Waals surface area contributed by atoms with Crippen molar-refractivity contribution in [3.63, 3.8) is 0 Å². The van der Waals surface area contributed by atoms with Crippen LogP contribution in [0.2, 0.25) is 0 Å². The number of carbonyl (C=O) groups is 3. The number of hydrogen-bond acceptors (Lipinski definition) is 6. The molecule has 0 radical (unpaired) electrons. The van der Waals surface area contributed by atoms with Crippen LogP contribution in [0.5, 0.6) is 0 Å². The van der Waals surface area contributed by atoms with Crippen LogP contribution in [0.25, 0.3) is 0 Å². The van der Waals surface area contributed by atoms with Gasteiger partial charge in [0.2, 0.25) is 0 Å². The lowest BCUT2D eigenvalue weighted by molar-refractivity contribution is -0.167. The molecule has 6 heteroatoms. The molecule has 1 unspecified atom stereocenters. The first-order chi connectivity index (χ1) is 34.0. The summed E-state index contributed by atoms with van der Waals surface area (Å²) in [5, 5.41) is 0. The predicted octanol–water partition coefficient (Wildman–Crippen LogP) is 20.4. The Balaban J connectivity index is 4.06. The van der Waals surface area contributed by atoms with Crippen molar-refractivity contribution in [3.05, 3.63) is 36.5 Å². The second-order valence-corrected chi connectivity index (χ2v) is 20.6. The molecule has 0 amide bonds. The molecule has 0 aliphatic carbocycles. The summed E-state index contributed by atoms with van der Waals surface area (Å²) in [7, 11) is 0. The van der Waals surface area contributed by atoms with Crippen LogP contribution >= 0.6 is 0 Å². The number of rotatable bonds is 56. The quantitative estimate of drug-likeness (QED) is 0.0261. The maximum absolute atomic E-state index is 12.8. The molecule has 0 aromatic heterocycles. The van der Waals surface area contributed by atoms with Gasteiger partial charge in [-0.2, -0.15) is 0 Å². The minimum Gasteiger partial charge on any atom is -0.462 e. The van der Waals surface area contributed by atoms with E-state index >= 15 is 0 Å². The lowest BCUT2D eigenvalue weighted by Crippen LogP contribution is -2.30. The first-order valence-electron chi connectivity index (χ1n) is 30.5. The van der Waals surface area contributed by atoms with E-state index in [0.29, 0.717) is 19.3 Å². The topological polar surface area (TPSA) is 78.9 Å². The molecular formula is C63H116O6. The number of esters is 3. The molecule has 0 bridgehead atoms. The average Bonchev–Trinajstić information content (AvgIpc) is 3.35. The van der Waals surface area contributed by atoms with Gasteiger partial charge in [-0.05, 0) is 57.8 Å². The molecule has 69 heavy (non-hydrogen) atoms. The van der Waals surface area contributed by atoms with Crippen LogP contribution in [0.3, 0.4) is 0 Å². The minimum atomic E-state index is -0.774. The monoisotopic (exact) mass is 969 g/mol. The second-order valence-electron chi connectivity index (χ2n) is 20.6. The lowest BCUT2D eigenvalue weighted by atomic mass is 10.0. The van der Waals surface area contributed by atoms with Crippen molar-refractivity contribution in [2.45, 2.75) is 335 Å². The fourth-order valence-corrected chi connectivity index (χ4v) is 9.04. The van der Waals surface area contributed by atoms with E-state index in [1.54, 1.807) is 0 Å². The molecule has 0 saturated heterocycles. The third-order valence-corrected chi connectivity index (χ3v) is 13.6. The van der Waals surface area contributed by atoms with E-state index in [4.69, 9.17) is 14.2 Å². The number of allylic oxidation sites excluding steroid dienone is 6. The molecule has 0 aliphatic rings. The Hall–Kier alpha value is -2.37. The number of hydrogen-bond donors (Lipinski definition) is 0. The van der Waals surface area contributed by atoms with Gasteiger partial charge in [0.05, 0.1) is 0 Å². The van der Waals surface area contributed by atoms with Gasteiger partial charge < -0.3 is 14.2 Å². The van der Waals surface area contributed by atoms with Crippen LogP contribution in [0.4, 0.5) is 0 Å². The number of carbonyl (C=O) groups excluding carboxylic acids is 3. The highest BCUT2D eigenvalue weighted by Gasteiger charge is 2.19. The standard InChI is InChI=1S/C63H116O6/c1-4-7-10-13-16-18-20-22-24-26-28-29-30-31-32-33-34-36-37-39-41-43-45-47-50-53-56-62(65)68-59-60(58-67-61(64)55-52-49-15-12-9-6-3)69-63(66)57-54-51-48-46-44-42-40-38-35-27-25-23-21-19-17-14-11-8-5-2/h17,19,23,25,35,38,60H,4-16,18,20-22,24,26-34,36-37,39-59H2,1-3H3/b19-17-,25-23-,38-35-. The molecule has 0 fully saturated rings. The molecule has 0 spiro atoms. The molecule has 0 aromatic carbocycles. The number of unbranched alkanes of at least 4 members (excludes halogenated alkanes) is 39. The lowest BCUT2D eigenvalue weighted by Gasteiger charge is -2.18. The third kappa shape index (κ3) is 56.4. The van der Waals surface area contributed by atoms with Gasteiger partial charge in [-0.15, -0.1) is 0 Å². The van der Waals surface area contributed by atoms with Crippen molar-refractivity contribution in [3.8, 4) is 0 Å². The van der Waals surface area contributed by atoms with Gasteiger partial charge in [0.15, 0.2) is 6.10 Å². The fraction of sp³-hybridized carbons (Fsp3) is 0.857. The molecule has 6 nitrogen and oxygen atoms in total. The molecule has 0 heterocycles. The van der Waals surface area contributed by atoms with Crippen molar-refractivity contribution in [1.29, 1.82) is 0 Å². The molecule has 0 aromatic rings. The van der Waals surface area contributed by atoms with E-state index in [2.05, 4.69) is 57.2 Å². The first-order valence-corrected chi connectivity index (χ1v) is 30.5. The highest BCUT2D eigenvalue weighted by molar-refractivity contribution is 5.71. The van der Waals surface area contributed by atoms with Crippen LogP contribution in [0, 0.1) is 0 Å². The van der Waals surface area contributed by atoms with Crippen molar-refractivity contribution in [2.24, 2.45) is 0 Å². The van der Waals surface area contributed by atoms with Crippen LogP contribution in [-0.4, -0.2) is 37.2 Å². The summed E-state index contributed by atoms with van der Waals surface area (Å²) in [6.45, 7) is 6.59. The Labute approximate surface area is 429 Å². The fourth-order valence-electron chi connectivity index (χ4n) is 9.04. The summed E-state index contributed by atoms with van der Waals surface area (Å²) in [6, 6.07) is 0. The van der Waals surface area contributed by atoms with Crippen molar-refractivity contribution in [1.82, 2.24) is 0 Å². The molecule has 0 N–H and O–H groups in total. The molecule has 0 saturated carbocycles. The summed E-state index contributed by atoms with van der Waals surface area (Å²) < 4.78 is 16.8. The van der Waals surface area contributed by atoms with Crippen LogP contribution in [-0.2, 0) is 28.6 Å². The SMILES string of the molecule is CCCCC/C=C\C/C=C\C/C=C\CCCCCCCCC(=O)OC(COC(=O)CCCCCCCC)COC(=O)CCCCCCCCCCCCCCCCCCCCCCCCCCCC. The average molecular weight is 970 g/mol. The van der Waals surface area contributed by atoms with E-state index in [0.717, 1.165) is 77.0 Å². The highest BCUT2D eigenvalue weighted by atomic mass is 16.6. The minimum absolute atomic E-state index is 0.0738.